The molecule has 1 heterocycles. The number of hydrogen-bond acceptors (Lipinski definition) is 2. The molecule has 0 amide bonds. The molecule has 1 N–H and O–H groups in total. The first-order valence-electron chi connectivity index (χ1n) is 8.36. The lowest BCUT2D eigenvalue weighted by Crippen LogP contribution is -2.28. The Labute approximate surface area is 130 Å². The van der Waals surface area contributed by atoms with E-state index in [9.17, 15) is 0 Å². The molecule has 21 heavy (non-hydrogen) atoms. The molecule has 0 bridgehead atoms. The van der Waals surface area contributed by atoms with Crippen molar-refractivity contribution in [2.75, 3.05) is 26.2 Å². The van der Waals surface area contributed by atoms with Gasteiger partial charge in [0, 0.05) is 26.2 Å². The van der Waals surface area contributed by atoms with Crippen molar-refractivity contribution in [1.82, 2.24) is 10.2 Å². The summed E-state index contributed by atoms with van der Waals surface area (Å²) in [5.74, 6) is 0.589. The Kier molecular flexibility index (Phi) is 6.47. The first-order valence-corrected chi connectivity index (χ1v) is 8.36. The predicted octanol–water partition coefficient (Wildman–Crippen LogP) is 3.94. The summed E-state index contributed by atoms with van der Waals surface area (Å²) in [5, 5.41) is 3.50. The molecule has 1 aliphatic heterocycles. The number of nitrogens with one attached hydrogen (secondary N) is 1. The van der Waals surface area contributed by atoms with Gasteiger partial charge in [-0.2, -0.15) is 0 Å². The molecule has 0 aromatic heterocycles. The van der Waals surface area contributed by atoms with Crippen molar-refractivity contribution in [1.29, 1.82) is 0 Å². The quantitative estimate of drug-likeness (QED) is 0.603. The topological polar surface area (TPSA) is 15.3 Å². The van der Waals surface area contributed by atoms with Crippen LogP contribution in [0.15, 0.2) is 35.9 Å². The van der Waals surface area contributed by atoms with Crippen LogP contribution in [-0.2, 0) is 6.54 Å². The molecule has 2 heteroatoms. The molecule has 0 aliphatic carbocycles. The number of rotatable bonds is 7. The van der Waals surface area contributed by atoms with Gasteiger partial charge < -0.3 is 5.32 Å². The third kappa shape index (κ3) is 5.29. The van der Waals surface area contributed by atoms with Crippen LogP contribution < -0.4 is 5.32 Å². The van der Waals surface area contributed by atoms with Crippen LogP contribution in [0.5, 0.6) is 0 Å². The van der Waals surface area contributed by atoms with E-state index in [2.05, 4.69) is 61.3 Å². The smallest absolute Gasteiger partial charge is 0.0237 e. The van der Waals surface area contributed by atoms with Crippen LogP contribution in [0.25, 0.3) is 0 Å². The summed E-state index contributed by atoms with van der Waals surface area (Å²) < 4.78 is 0. The first-order chi connectivity index (χ1) is 10.2. The van der Waals surface area contributed by atoms with Crippen molar-refractivity contribution < 1.29 is 0 Å². The van der Waals surface area contributed by atoms with Gasteiger partial charge >= 0.3 is 0 Å². The van der Waals surface area contributed by atoms with Crippen molar-refractivity contribution in [3.63, 3.8) is 0 Å². The van der Waals surface area contributed by atoms with Crippen LogP contribution in [0.1, 0.15) is 50.7 Å². The van der Waals surface area contributed by atoms with E-state index in [0.717, 1.165) is 26.2 Å². The molecule has 0 fully saturated rings. The fourth-order valence-electron chi connectivity index (χ4n) is 2.95. The maximum absolute atomic E-state index is 3.50. The Morgan fingerprint density at radius 3 is 2.67 bits per heavy atom. The summed E-state index contributed by atoms with van der Waals surface area (Å²) in [4.78, 5) is 2.54. The third-order valence-corrected chi connectivity index (χ3v) is 4.24. The zero-order valence-corrected chi connectivity index (χ0v) is 13.9. The predicted molar refractivity (Wildman–Crippen MR) is 91.7 cm³/mol. The Balaban J connectivity index is 1.85. The van der Waals surface area contributed by atoms with E-state index in [1.807, 2.05) is 0 Å². The zero-order chi connectivity index (χ0) is 15.1. The molecule has 0 saturated carbocycles. The summed E-state index contributed by atoms with van der Waals surface area (Å²) in [6.45, 7) is 12.3. The summed E-state index contributed by atoms with van der Waals surface area (Å²) in [6.07, 6.45) is 4.77. The van der Waals surface area contributed by atoms with Crippen LogP contribution in [-0.4, -0.2) is 31.1 Å². The minimum atomic E-state index is 0.589. The van der Waals surface area contributed by atoms with E-state index in [1.54, 1.807) is 0 Å². The molecule has 0 saturated heterocycles. The molecule has 0 radical (unpaired) electrons. The van der Waals surface area contributed by atoms with Gasteiger partial charge in [-0.15, -0.1) is 0 Å². The summed E-state index contributed by atoms with van der Waals surface area (Å²) in [7, 11) is 0. The Hall–Kier alpha value is -1.12. The highest BCUT2D eigenvalue weighted by Gasteiger charge is 2.11. The van der Waals surface area contributed by atoms with Gasteiger partial charge in [0.2, 0.25) is 0 Å². The fraction of sp³-hybridized carbons (Fsp3) is 0.579. The first kappa shape index (κ1) is 16.3. The Morgan fingerprint density at radius 2 is 2.00 bits per heavy atom. The van der Waals surface area contributed by atoms with Gasteiger partial charge in [0.1, 0.15) is 0 Å². The van der Waals surface area contributed by atoms with Gasteiger partial charge in [-0.1, -0.05) is 49.8 Å². The minimum absolute atomic E-state index is 0.589. The molecule has 1 unspecified atom stereocenters. The van der Waals surface area contributed by atoms with Gasteiger partial charge in [-0.25, -0.2) is 0 Å². The summed E-state index contributed by atoms with van der Waals surface area (Å²) >= 11 is 0. The van der Waals surface area contributed by atoms with Crippen LogP contribution in [0.3, 0.4) is 0 Å². The lowest BCUT2D eigenvalue weighted by molar-refractivity contribution is 0.282. The van der Waals surface area contributed by atoms with Crippen molar-refractivity contribution >= 4 is 0 Å². The van der Waals surface area contributed by atoms with Gasteiger partial charge in [0.15, 0.2) is 0 Å². The molecule has 1 aromatic rings. The maximum Gasteiger partial charge on any atom is 0.0237 e. The highest BCUT2D eigenvalue weighted by Crippen LogP contribution is 2.17. The normalized spacial score (nSPS) is 17.6. The van der Waals surface area contributed by atoms with Gasteiger partial charge in [-0.05, 0) is 43.4 Å². The minimum Gasteiger partial charge on any atom is -0.316 e. The van der Waals surface area contributed by atoms with Crippen molar-refractivity contribution in [3.8, 4) is 0 Å². The Bertz CT molecular complexity index is 447. The van der Waals surface area contributed by atoms with Crippen LogP contribution >= 0.6 is 0 Å². The average molecular weight is 286 g/mol. The maximum atomic E-state index is 3.50. The molecular formula is C19H30N2. The van der Waals surface area contributed by atoms with Gasteiger partial charge in [0.25, 0.3) is 0 Å². The highest BCUT2D eigenvalue weighted by atomic mass is 15.1. The SMILES string of the molecule is CCCNCC(C)c1ccc(CN2CCC=C(C)C2)cc1. The molecule has 116 valence electrons. The third-order valence-electron chi connectivity index (χ3n) is 4.24. The van der Waals surface area contributed by atoms with E-state index in [4.69, 9.17) is 0 Å². The second-order valence-corrected chi connectivity index (χ2v) is 6.40. The zero-order valence-electron chi connectivity index (χ0n) is 13.9. The second kappa shape index (κ2) is 8.35. The number of nitrogens with zero attached hydrogens (tertiary/aromatic N) is 1. The number of benzene rings is 1. The van der Waals surface area contributed by atoms with Crippen LogP contribution in [0.2, 0.25) is 0 Å². The van der Waals surface area contributed by atoms with Crippen LogP contribution in [0.4, 0.5) is 0 Å². The Morgan fingerprint density at radius 1 is 1.24 bits per heavy atom. The van der Waals surface area contributed by atoms with Crippen molar-refractivity contribution in [3.05, 3.63) is 47.0 Å². The fourth-order valence-corrected chi connectivity index (χ4v) is 2.95. The van der Waals surface area contributed by atoms with Gasteiger partial charge in [0.05, 0.1) is 0 Å². The lowest BCUT2D eigenvalue weighted by atomic mass is 9.99. The van der Waals surface area contributed by atoms with E-state index >= 15 is 0 Å². The molecule has 2 rings (SSSR count). The van der Waals surface area contributed by atoms with Gasteiger partial charge in [-0.3, -0.25) is 4.90 Å². The van der Waals surface area contributed by atoms with Crippen molar-refractivity contribution in [2.45, 2.75) is 46.1 Å². The highest BCUT2D eigenvalue weighted by molar-refractivity contribution is 5.25. The standard InChI is InChI=1S/C19H30N2/c1-4-11-20-13-17(3)19-9-7-18(8-10-19)15-21-12-5-6-16(2)14-21/h6-10,17,20H,4-5,11-15H2,1-3H3. The van der Waals surface area contributed by atoms with E-state index in [0.29, 0.717) is 5.92 Å². The summed E-state index contributed by atoms with van der Waals surface area (Å²) in [6, 6.07) is 9.22. The molecule has 1 atom stereocenters. The largest absolute Gasteiger partial charge is 0.316 e. The molecule has 1 aliphatic rings. The van der Waals surface area contributed by atoms with Crippen molar-refractivity contribution in [2.24, 2.45) is 0 Å². The lowest BCUT2D eigenvalue weighted by Gasteiger charge is -2.26. The summed E-state index contributed by atoms with van der Waals surface area (Å²) in [5.41, 5.74) is 4.38. The molecule has 2 nitrogen and oxygen atoms in total. The molecular weight excluding hydrogens is 256 g/mol. The van der Waals surface area contributed by atoms with E-state index in [1.165, 1.54) is 36.1 Å². The molecule has 1 aromatic carbocycles. The second-order valence-electron chi connectivity index (χ2n) is 6.40. The van der Waals surface area contributed by atoms with E-state index in [-0.39, 0.29) is 0 Å². The monoisotopic (exact) mass is 286 g/mol. The van der Waals surface area contributed by atoms with E-state index < -0.39 is 0 Å². The van der Waals surface area contributed by atoms with Crippen LogP contribution in [0, 0.1) is 0 Å². The molecule has 0 spiro atoms. The number of hydrogen-bond donors (Lipinski definition) is 1. The average Bonchev–Trinajstić information content (AvgIpc) is 2.48.